The second kappa shape index (κ2) is 4.60. The van der Waals surface area contributed by atoms with Gasteiger partial charge in [-0.1, -0.05) is 11.6 Å². The van der Waals surface area contributed by atoms with Crippen molar-refractivity contribution in [1.29, 1.82) is 0 Å². The van der Waals surface area contributed by atoms with Gasteiger partial charge in [0, 0.05) is 16.8 Å². The van der Waals surface area contributed by atoms with Gasteiger partial charge in [-0.05, 0) is 41.5 Å². The second-order valence-corrected chi connectivity index (χ2v) is 3.81. The van der Waals surface area contributed by atoms with E-state index in [2.05, 4.69) is 4.98 Å². The summed E-state index contributed by atoms with van der Waals surface area (Å²) in [4.78, 5) is 3.57. The largest absolute Gasteiger partial charge is 0.392 e. The Morgan fingerprint density at radius 1 is 1.19 bits per heavy atom. The molecule has 16 heavy (non-hydrogen) atoms. The lowest BCUT2D eigenvalue weighted by Gasteiger charge is -2.04. The van der Waals surface area contributed by atoms with Crippen LogP contribution in [0.4, 0.5) is 4.39 Å². The fourth-order valence-corrected chi connectivity index (χ4v) is 1.71. The second-order valence-electron chi connectivity index (χ2n) is 3.38. The number of aromatic nitrogens is 1. The molecule has 2 aromatic rings. The number of hydrogen-bond donors (Lipinski definition) is 1. The van der Waals surface area contributed by atoms with Crippen LogP contribution in [0.1, 0.15) is 5.56 Å². The molecular formula is C12H9ClFNO. The molecule has 2 nitrogen and oxygen atoms in total. The third-order valence-electron chi connectivity index (χ3n) is 2.20. The minimum atomic E-state index is -0.520. The van der Waals surface area contributed by atoms with Crippen molar-refractivity contribution in [2.75, 3.05) is 0 Å². The molecule has 0 saturated heterocycles. The van der Waals surface area contributed by atoms with Crippen LogP contribution in [0.3, 0.4) is 0 Å². The summed E-state index contributed by atoms with van der Waals surface area (Å²) in [6.07, 6.45) is 1.43. The standard InChI is InChI=1S/C12H9ClFNO/c13-11-4-8(7-16)3-10(5-11)9-1-2-12(14)15-6-9/h1-6,16H,7H2. The minimum absolute atomic E-state index is 0.0812. The summed E-state index contributed by atoms with van der Waals surface area (Å²) in [6.45, 7) is -0.0812. The molecule has 2 rings (SSSR count). The van der Waals surface area contributed by atoms with Crippen molar-refractivity contribution >= 4 is 11.6 Å². The van der Waals surface area contributed by atoms with Crippen LogP contribution in [0, 0.1) is 5.95 Å². The van der Waals surface area contributed by atoms with E-state index in [1.165, 1.54) is 12.3 Å². The Kier molecular flexibility index (Phi) is 3.17. The number of rotatable bonds is 2. The summed E-state index contributed by atoms with van der Waals surface area (Å²) in [5.74, 6) is -0.520. The Hall–Kier alpha value is -1.45. The Labute approximate surface area is 97.3 Å². The number of benzene rings is 1. The van der Waals surface area contributed by atoms with E-state index in [0.717, 1.165) is 11.1 Å². The van der Waals surface area contributed by atoms with Gasteiger partial charge >= 0.3 is 0 Å². The first-order chi connectivity index (χ1) is 7.69. The molecule has 0 saturated carbocycles. The monoisotopic (exact) mass is 237 g/mol. The molecule has 0 spiro atoms. The lowest BCUT2D eigenvalue weighted by Crippen LogP contribution is -1.87. The van der Waals surface area contributed by atoms with E-state index >= 15 is 0 Å². The Morgan fingerprint density at radius 2 is 2.00 bits per heavy atom. The van der Waals surface area contributed by atoms with E-state index in [9.17, 15) is 4.39 Å². The van der Waals surface area contributed by atoms with Gasteiger partial charge in [-0.15, -0.1) is 0 Å². The van der Waals surface area contributed by atoms with Crippen molar-refractivity contribution in [1.82, 2.24) is 4.98 Å². The Balaban J connectivity index is 2.47. The number of halogens is 2. The Bertz CT molecular complexity index is 499. The number of hydrogen-bond acceptors (Lipinski definition) is 2. The lowest BCUT2D eigenvalue weighted by atomic mass is 10.1. The van der Waals surface area contributed by atoms with Gasteiger partial charge in [-0.2, -0.15) is 4.39 Å². The average Bonchev–Trinajstić information content (AvgIpc) is 2.29. The summed E-state index contributed by atoms with van der Waals surface area (Å²) in [7, 11) is 0. The zero-order valence-corrected chi connectivity index (χ0v) is 9.08. The van der Waals surface area contributed by atoms with E-state index in [1.54, 1.807) is 24.3 Å². The molecule has 0 fully saturated rings. The fraction of sp³-hybridized carbons (Fsp3) is 0.0833. The molecule has 4 heteroatoms. The molecule has 0 aliphatic carbocycles. The first-order valence-electron chi connectivity index (χ1n) is 4.71. The van der Waals surface area contributed by atoms with Gasteiger partial charge < -0.3 is 5.11 Å². The molecule has 1 aromatic heterocycles. The highest BCUT2D eigenvalue weighted by molar-refractivity contribution is 6.30. The SMILES string of the molecule is OCc1cc(Cl)cc(-c2ccc(F)nc2)c1. The summed E-state index contributed by atoms with van der Waals surface area (Å²) in [6, 6.07) is 8.13. The van der Waals surface area contributed by atoms with E-state index in [1.807, 2.05) is 0 Å². The lowest BCUT2D eigenvalue weighted by molar-refractivity contribution is 0.282. The molecule has 0 amide bonds. The molecular weight excluding hydrogens is 229 g/mol. The van der Waals surface area contributed by atoms with Crippen LogP contribution in [0.2, 0.25) is 5.02 Å². The van der Waals surface area contributed by atoms with Crippen molar-refractivity contribution in [3.63, 3.8) is 0 Å². The van der Waals surface area contributed by atoms with Crippen LogP contribution in [0.5, 0.6) is 0 Å². The first kappa shape index (κ1) is 11.0. The van der Waals surface area contributed by atoms with Crippen LogP contribution in [0.25, 0.3) is 11.1 Å². The smallest absolute Gasteiger partial charge is 0.212 e. The van der Waals surface area contributed by atoms with Gasteiger partial charge in [0.15, 0.2) is 0 Å². The topological polar surface area (TPSA) is 33.1 Å². The van der Waals surface area contributed by atoms with Crippen LogP contribution in [-0.4, -0.2) is 10.1 Å². The summed E-state index contributed by atoms with van der Waals surface area (Å²) in [5, 5.41) is 9.58. The maximum atomic E-state index is 12.6. The third-order valence-corrected chi connectivity index (χ3v) is 2.42. The molecule has 0 bridgehead atoms. The van der Waals surface area contributed by atoms with Crippen LogP contribution in [-0.2, 0) is 6.61 Å². The molecule has 0 atom stereocenters. The molecule has 1 heterocycles. The number of aliphatic hydroxyl groups is 1. The average molecular weight is 238 g/mol. The van der Waals surface area contributed by atoms with E-state index < -0.39 is 5.95 Å². The predicted octanol–water partition coefficient (Wildman–Crippen LogP) is 3.03. The van der Waals surface area contributed by atoms with Crippen LogP contribution in [0.15, 0.2) is 36.5 Å². The highest BCUT2D eigenvalue weighted by Gasteiger charge is 2.02. The molecule has 0 radical (unpaired) electrons. The van der Waals surface area contributed by atoms with Crippen molar-refractivity contribution in [3.05, 3.63) is 53.1 Å². The normalized spacial score (nSPS) is 10.4. The number of aliphatic hydroxyl groups excluding tert-OH is 1. The van der Waals surface area contributed by atoms with Gasteiger partial charge in [0.1, 0.15) is 0 Å². The first-order valence-corrected chi connectivity index (χ1v) is 5.09. The fourth-order valence-electron chi connectivity index (χ4n) is 1.45. The molecule has 0 unspecified atom stereocenters. The minimum Gasteiger partial charge on any atom is -0.392 e. The van der Waals surface area contributed by atoms with Crippen molar-refractivity contribution in [2.45, 2.75) is 6.61 Å². The number of pyridine rings is 1. The molecule has 1 N–H and O–H groups in total. The molecule has 1 aromatic carbocycles. The summed E-state index contributed by atoms with van der Waals surface area (Å²) >= 11 is 5.90. The summed E-state index contributed by atoms with van der Waals surface area (Å²) in [5.41, 5.74) is 2.29. The molecule has 82 valence electrons. The van der Waals surface area contributed by atoms with Crippen LogP contribution < -0.4 is 0 Å². The zero-order valence-electron chi connectivity index (χ0n) is 8.32. The van der Waals surface area contributed by atoms with Gasteiger partial charge in [-0.3, -0.25) is 0 Å². The number of nitrogens with zero attached hydrogens (tertiary/aromatic N) is 1. The highest BCUT2D eigenvalue weighted by atomic mass is 35.5. The van der Waals surface area contributed by atoms with E-state index in [4.69, 9.17) is 16.7 Å². The van der Waals surface area contributed by atoms with Gasteiger partial charge in [0.25, 0.3) is 0 Å². The zero-order chi connectivity index (χ0) is 11.5. The highest BCUT2D eigenvalue weighted by Crippen LogP contribution is 2.24. The Morgan fingerprint density at radius 3 is 2.62 bits per heavy atom. The van der Waals surface area contributed by atoms with Crippen molar-refractivity contribution in [3.8, 4) is 11.1 Å². The van der Waals surface area contributed by atoms with Crippen LogP contribution >= 0.6 is 11.6 Å². The predicted molar refractivity (Wildman–Crippen MR) is 60.6 cm³/mol. The maximum absolute atomic E-state index is 12.6. The quantitative estimate of drug-likeness (QED) is 0.815. The van der Waals surface area contributed by atoms with Gasteiger partial charge in [-0.25, -0.2) is 4.98 Å². The maximum Gasteiger partial charge on any atom is 0.212 e. The molecule has 0 aliphatic heterocycles. The van der Waals surface area contributed by atoms with Gasteiger partial charge in [0.2, 0.25) is 5.95 Å². The van der Waals surface area contributed by atoms with Gasteiger partial charge in [0.05, 0.1) is 6.61 Å². The third kappa shape index (κ3) is 2.38. The van der Waals surface area contributed by atoms with Crippen molar-refractivity contribution < 1.29 is 9.50 Å². The van der Waals surface area contributed by atoms with E-state index in [0.29, 0.717) is 10.6 Å². The van der Waals surface area contributed by atoms with E-state index in [-0.39, 0.29) is 6.61 Å². The summed E-state index contributed by atoms with van der Waals surface area (Å²) < 4.78 is 12.6. The van der Waals surface area contributed by atoms with Crippen molar-refractivity contribution in [2.24, 2.45) is 0 Å². The molecule has 0 aliphatic rings.